The molecule has 0 atom stereocenters. The minimum atomic E-state index is -0.360. The van der Waals surface area contributed by atoms with Crippen molar-refractivity contribution in [3.8, 4) is 0 Å². The first-order chi connectivity index (χ1) is 8.65. The number of nitrogens with one attached hydrogen (secondary N) is 1. The lowest BCUT2D eigenvalue weighted by molar-refractivity contribution is 0.0705. The maximum absolute atomic E-state index is 13.1. The summed E-state index contributed by atoms with van der Waals surface area (Å²) in [5, 5.41) is 3.14. The third-order valence-corrected chi connectivity index (χ3v) is 2.91. The van der Waals surface area contributed by atoms with E-state index in [0.29, 0.717) is 30.0 Å². The second kappa shape index (κ2) is 8.29. The SMILES string of the molecule is COCCOCCCNc1cc(Br)c(F)cc1N. The van der Waals surface area contributed by atoms with Crippen LogP contribution in [0.3, 0.4) is 0 Å². The highest BCUT2D eigenvalue weighted by molar-refractivity contribution is 9.10. The fourth-order valence-electron chi connectivity index (χ4n) is 1.36. The Morgan fingerprint density at radius 1 is 1.33 bits per heavy atom. The van der Waals surface area contributed by atoms with Gasteiger partial charge in [0.1, 0.15) is 5.82 Å². The largest absolute Gasteiger partial charge is 0.397 e. The summed E-state index contributed by atoms with van der Waals surface area (Å²) in [7, 11) is 1.64. The first-order valence-corrected chi connectivity index (χ1v) is 6.49. The summed E-state index contributed by atoms with van der Waals surface area (Å²) in [6.45, 7) is 2.57. The highest BCUT2D eigenvalue weighted by Crippen LogP contribution is 2.26. The molecule has 3 N–H and O–H groups in total. The Bertz CT molecular complexity index is 377. The van der Waals surface area contributed by atoms with Crippen molar-refractivity contribution in [2.24, 2.45) is 0 Å². The average Bonchev–Trinajstić information content (AvgIpc) is 2.34. The molecule has 102 valence electrons. The molecule has 18 heavy (non-hydrogen) atoms. The van der Waals surface area contributed by atoms with Gasteiger partial charge in [-0.2, -0.15) is 0 Å². The van der Waals surface area contributed by atoms with Crippen molar-refractivity contribution in [1.29, 1.82) is 0 Å². The Kier molecular flexibility index (Phi) is 7.00. The number of nitrogens with two attached hydrogens (primary N) is 1. The first kappa shape index (κ1) is 15.2. The second-order valence-corrected chi connectivity index (χ2v) is 4.59. The zero-order valence-electron chi connectivity index (χ0n) is 10.3. The van der Waals surface area contributed by atoms with Crippen molar-refractivity contribution in [3.05, 3.63) is 22.4 Å². The number of rotatable bonds is 8. The summed E-state index contributed by atoms with van der Waals surface area (Å²) in [5.41, 5.74) is 6.82. The van der Waals surface area contributed by atoms with E-state index in [2.05, 4.69) is 21.2 Å². The lowest BCUT2D eigenvalue weighted by Crippen LogP contribution is -2.09. The molecule has 0 radical (unpaired) electrons. The van der Waals surface area contributed by atoms with Crippen molar-refractivity contribution >= 4 is 27.3 Å². The zero-order chi connectivity index (χ0) is 13.4. The molecular formula is C12H18BrFN2O2. The van der Waals surface area contributed by atoms with E-state index >= 15 is 0 Å². The van der Waals surface area contributed by atoms with E-state index < -0.39 is 0 Å². The maximum atomic E-state index is 13.1. The third-order valence-electron chi connectivity index (χ3n) is 2.31. The zero-order valence-corrected chi connectivity index (χ0v) is 11.9. The highest BCUT2D eigenvalue weighted by atomic mass is 79.9. The minimum Gasteiger partial charge on any atom is -0.397 e. The first-order valence-electron chi connectivity index (χ1n) is 5.70. The predicted molar refractivity (Wildman–Crippen MR) is 74.3 cm³/mol. The topological polar surface area (TPSA) is 56.5 Å². The Morgan fingerprint density at radius 2 is 2.11 bits per heavy atom. The second-order valence-electron chi connectivity index (χ2n) is 3.74. The number of anilines is 2. The fourth-order valence-corrected chi connectivity index (χ4v) is 1.70. The van der Waals surface area contributed by atoms with Gasteiger partial charge >= 0.3 is 0 Å². The van der Waals surface area contributed by atoms with Crippen molar-refractivity contribution in [1.82, 2.24) is 0 Å². The van der Waals surface area contributed by atoms with E-state index in [1.165, 1.54) is 6.07 Å². The number of ether oxygens (including phenoxy) is 2. The van der Waals surface area contributed by atoms with Crippen LogP contribution in [0.5, 0.6) is 0 Å². The molecule has 0 aromatic heterocycles. The predicted octanol–water partition coefficient (Wildman–Crippen LogP) is 2.64. The van der Waals surface area contributed by atoms with Gasteiger partial charge in [-0.05, 0) is 28.4 Å². The molecule has 0 fully saturated rings. The smallest absolute Gasteiger partial charge is 0.139 e. The van der Waals surface area contributed by atoms with E-state index in [1.54, 1.807) is 13.2 Å². The molecule has 0 spiro atoms. The van der Waals surface area contributed by atoms with Crippen LogP contribution in [0.15, 0.2) is 16.6 Å². The number of benzene rings is 1. The summed E-state index contributed by atoms with van der Waals surface area (Å²) in [5.74, 6) is -0.360. The number of hydrogen-bond donors (Lipinski definition) is 2. The number of halogens is 2. The lowest BCUT2D eigenvalue weighted by atomic mass is 10.2. The van der Waals surface area contributed by atoms with Crippen LogP contribution >= 0.6 is 15.9 Å². The maximum Gasteiger partial charge on any atom is 0.139 e. The van der Waals surface area contributed by atoms with Crippen LogP contribution in [0, 0.1) is 5.82 Å². The molecular weight excluding hydrogens is 303 g/mol. The van der Waals surface area contributed by atoms with E-state index in [4.69, 9.17) is 15.2 Å². The molecule has 0 aliphatic carbocycles. The van der Waals surface area contributed by atoms with E-state index in [9.17, 15) is 4.39 Å². The van der Waals surface area contributed by atoms with Crippen molar-refractivity contribution < 1.29 is 13.9 Å². The molecule has 0 aliphatic heterocycles. The Labute approximate surface area is 115 Å². The highest BCUT2D eigenvalue weighted by Gasteiger charge is 2.05. The van der Waals surface area contributed by atoms with Gasteiger partial charge in [-0.15, -0.1) is 0 Å². The van der Waals surface area contributed by atoms with Crippen molar-refractivity contribution in [2.75, 3.05) is 44.5 Å². The number of nitrogen functional groups attached to an aromatic ring is 1. The van der Waals surface area contributed by atoms with Gasteiger partial charge in [-0.1, -0.05) is 0 Å². The van der Waals surface area contributed by atoms with Crippen molar-refractivity contribution in [2.45, 2.75) is 6.42 Å². The summed E-state index contributed by atoms with van der Waals surface area (Å²) in [6, 6.07) is 2.93. The minimum absolute atomic E-state index is 0.360. The average molecular weight is 321 g/mol. The van der Waals surface area contributed by atoms with Gasteiger partial charge in [-0.3, -0.25) is 0 Å². The number of hydrogen-bond acceptors (Lipinski definition) is 4. The van der Waals surface area contributed by atoms with Crippen molar-refractivity contribution in [3.63, 3.8) is 0 Å². The summed E-state index contributed by atoms with van der Waals surface area (Å²) < 4.78 is 23.7. The number of methoxy groups -OCH3 is 1. The van der Waals surface area contributed by atoms with Crippen LogP contribution in [0.4, 0.5) is 15.8 Å². The van der Waals surface area contributed by atoms with Gasteiger partial charge in [0.15, 0.2) is 0 Å². The molecule has 4 nitrogen and oxygen atoms in total. The normalized spacial score (nSPS) is 10.6. The molecule has 0 saturated heterocycles. The molecule has 6 heteroatoms. The van der Waals surface area contributed by atoms with Crippen LogP contribution in [-0.4, -0.2) is 33.5 Å². The summed E-state index contributed by atoms with van der Waals surface area (Å²) >= 11 is 3.12. The van der Waals surface area contributed by atoms with Gasteiger partial charge in [-0.25, -0.2) is 4.39 Å². The van der Waals surface area contributed by atoms with Crippen LogP contribution in [0.25, 0.3) is 0 Å². The third kappa shape index (κ3) is 5.20. The monoisotopic (exact) mass is 320 g/mol. The molecule has 0 amide bonds. The molecule has 0 unspecified atom stereocenters. The van der Waals surface area contributed by atoms with Crippen LogP contribution in [-0.2, 0) is 9.47 Å². The quantitative estimate of drug-likeness (QED) is 0.571. The Balaban J connectivity index is 2.25. The Hall–Kier alpha value is -0.850. The molecule has 0 heterocycles. The van der Waals surface area contributed by atoms with Gasteiger partial charge < -0.3 is 20.5 Å². The van der Waals surface area contributed by atoms with Gasteiger partial charge in [0.05, 0.1) is 29.1 Å². The van der Waals surface area contributed by atoms with Crippen LogP contribution < -0.4 is 11.1 Å². The molecule has 0 bridgehead atoms. The standard InChI is InChI=1S/C12H18BrFN2O2/c1-17-5-6-18-4-2-3-16-12-7-9(13)10(14)8-11(12)15/h7-8,16H,2-6,15H2,1H3. The molecule has 1 rings (SSSR count). The molecule has 1 aromatic rings. The van der Waals surface area contributed by atoms with E-state index in [0.717, 1.165) is 18.7 Å². The molecule has 0 aliphatic rings. The van der Waals surface area contributed by atoms with Gasteiger partial charge in [0.2, 0.25) is 0 Å². The summed E-state index contributed by atoms with van der Waals surface area (Å²) in [6.07, 6.45) is 0.845. The molecule has 0 saturated carbocycles. The van der Waals surface area contributed by atoms with Gasteiger partial charge in [0, 0.05) is 26.3 Å². The Morgan fingerprint density at radius 3 is 2.83 bits per heavy atom. The fraction of sp³-hybridized carbons (Fsp3) is 0.500. The summed E-state index contributed by atoms with van der Waals surface area (Å²) in [4.78, 5) is 0. The van der Waals surface area contributed by atoms with Gasteiger partial charge in [0.25, 0.3) is 0 Å². The molecule has 1 aromatic carbocycles. The van der Waals surface area contributed by atoms with Crippen LogP contribution in [0.2, 0.25) is 0 Å². The van der Waals surface area contributed by atoms with Crippen LogP contribution in [0.1, 0.15) is 6.42 Å². The van der Waals surface area contributed by atoms with E-state index in [1.807, 2.05) is 0 Å². The lowest BCUT2D eigenvalue weighted by Gasteiger charge is -2.10. The van der Waals surface area contributed by atoms with E-state index in [-0.39, 0.29) is 5.82 Å².